The topological polar surface area (TPSA) is 15.3 Å². The zero-order valence-corrected chi connectivity index (χ0v) is 12.6. The van der Waals surface area contributed by atoms with Crippen LogP contribution < -0.4 is 5.32 Å². The van der Waals surface area contributed by atoms with Crippen molar-refractivity contribution in [1.29, 1.82) is 0 Å². The zero-order valence-electron chi connectivity index (χ0n) is 12.6. The molecular weight excluding hydrogens is 208 g/mol. The molecule has 1 unspecified atom stereocenters. The van der Waals surface area contributed by atoms with E-state index in [-0.39, 0.29) is 0 Å². The zero-order chi connectivity index (χ0) is 12.9. The van der Waals surface area contributed by atoms with E-state index in [0.29, 0.717) is 6.04 Å². The Morgan fingerprint density at radius 1 is 0.941 bits per heavy atom. The lowest BCUT2D eigenvalue weighted by Gasteiger charge is -2.21. The van der Waals surface area contributed by atoms with Crippen molar-refractivity contribution in [2.45, 2.75) is 72.3 Å². The SMILES string of the molecule is CCCCCCC(C)NCCN(CC)CCC. The van der Waals surface area contributed by atoms with Crippen LogP contribution >= 0.6 is 0 Å². The Morgan fingerprint density at radius 3 is 2.29 bits per heavy atom. The van der Waals surface area contributed by atoms with E-state index in [1.165, 1.54) is 58.2 Å². The van der Waals surface area contributed by atoms with E-state index in [2.05, 4.69) is 37.9 Å². The third-order valence-electron chi connectivity index (χ3n) is 3.40. The molecule has 0 aromatic heterocycles. The van der Waals surface area contributed by atoms with Gasteiger partial charge in [0.25, 0.3) is 0 Å². The molecule has 0 heterocycles. The van der Waals surface area contributed by atoms with Gasteiger partial charge in [0, 0.05) is 19.1 Å². The van der Waals surface area contributed by atoms with Gasteiger partial charge in [-0.25, -0.2) is 0 Å². The summed E-state index contributed by atoms with van der Waals surface area (Å²) in [6, 6.07) is 0.687. The van der Waals surface area contributed by atoms with Gasteiger partial charge in [0.1, 0.15) is 0 Å². The molecule has 0 aromatic rings. The molecule has 0 spiro atoms. The fourth-order valence-corrected chi connectivity index (χ4v) is 2.19. The number of rotatable bonds is 12. The highest BCUT2D eigenvalue weighted by atomic mass is 15.1. The molecule has 0 saturated heterocycles. The Kier molecular flexibility index (Phi) is 12.3. The average molecular weight is 242 g/mol. The number of nitrogens with one attached hydrogen (secondary N) is 1. The maximum absolute atomic E-state index is 3.64. The van der Waals surface area contributed by atoms with Crippen molar-refractivity contribution in [2.75, 3.05) is 26.2 Å². The molecule has 2 heteroatoms. The predicted molar refractivity (Wildman–Crippen MR) is 78.6 cm³/mol. The van der Waals surface area contributed by atoms with Gasteiger partial charge < -0.3 is 10.2 Å². The second-order valence-electron chi connectivity index (χ2n) is 5.14. The van der Waals surface area contributed by atoms with Gasteiger partial charge in [-0.3, -0.25) is 0 Å². The minimum Gasteiger partial charge on any atom is -0.313 e. The molecule has 1 N–H and O–H groups in total. The average Bonchev–Trinajstić information content (AvgIpc) is 2.33. The van der Waals surface area contributed by atoms with Gasteiger partial charge in [-0.1, -0.05) is 46.5 Å². The summed E-state index contributed by atoms with van der Waals surface area (Å²) in [5.41, 5.74) is 0. The van der Waals surface area contributed by atoms with Crippen molar-refractivity contribution in [3.05, 3.63) is 0 Å². The van der Waals surface area contributed by atoms with Gasteiger partial charge in [-0.05, 0) is 32.9 Å². The highest BCUT2D eigenvalue weighted by Crippen LogP contribution is 2.04. The molecule has 0 radical (unpaired) electrons. The van der Waals surface area contributed by atoms with Crippen LogP contribution in [0.3, 0.4) is 0 Å². The van der Waals surface area contributed by atoms with Gasteiger partial charge in [-0.15, -0.1) is 0 Å². The minimum absolute atomic E-state index is 0.687. The maximum atomic E-state index is 3.64. The molecular formula is C15H34N2. The number of unbranched alkanes of at least 4 members (excludes halogenated alkanes) is 3. The highest BCUT2D eigenvalue weighted by molar-refractivity contribution is 4.63. The molecule has 0 aliphatic heterocycles. The summed E-state index contributed by atoms with van der Waals surface area (Å²) < 4.78 is 0. The molecule has 0 aromatic carbocycles. The molecule has 104 valence electrons. The Morgan fingerprint density at radius 2 is 1.71 bits per heavy atom. The lowest BCUT2D eigenvalue weighted by atomic mass is 10.1. The summed E-state index contributed by atoms with van der Waals surface area (Å²) in [5, 5.41) is 3.64. The first-order chi connectivity index (χ1) is 8.24. The minimum atomic E-state index is 0.687. The van der Waals surface area contributed by atoms with Crippen molar-refractivity contribution in [3.8, 4) is 0 Å². The fraction of sp³-hybridized carbons (Fsp3) is 1.00. The van der Waals surface area contributed by atoms with Crippen LogP contribution in [-0.2, 0) is 0 Å². The van der Waals surface area contributed by atoms with Gasteiger partial charge in [-0.2, -0.15) is 0 Å². The molecule has 0 bridgehead atoms. The quantitative estimate of drug-likeness (QED) is 0.525. The molecule has 0 rings (SSSR count). The van der Waals surface area contributed by atoms with Crippen LogP contribution in [0.25, 0.3) is 0 Å². The molecule has 0 aliphatic rings. The number of likely N-dealkylation sites (N-methyl/N-ethyl adjacent to an activating group) is 1. The Hall–Kier alpha value is -0.0800. The van der Waals surface area contributed by atoms with Gasteiger partial charge in [0.2, 0.25) is 0 Å². The highest BCUT2D eigenvalue weighted by Gasteiger charge is 2.03. The first-order valence-electron chi connectivity index (χ1n) is 7.70. The van der Waals surface area contributed by atoms with Gasteiger partial charge in [0.05, 0.1) is 0 Å². The smallest absolute Gasteiger partial charge is 0.0107 e. The van der Waals surface area contributed by atoms with Crippen LogP contribution in [0.4, 0.5) is 0 Å². The van der Waals surface area contributed by atoms with Crippen molar-refractivity contribution in [1.82, 2.24) is 10.2 Å². The third-order valence-corrected chi connectivity index (χ3v) is 3.40. The number of hydrogen-bond acceptors (Lipinski definition) is 2. The van der Waals surface area contributed by atoms with E-state index in [4.69, 9.17) is 0 Å². The van der Waals surface area contributed by atoms with E-state index < -0.39 is 0 Å². The lowest BCUT2D eigenvalue weighted by Crippen LogP contribution is -2.36. The first kappa shape index (κ1) is 16.9. The van der Waals surface area contributed by atoms with Crippen molar-refractivity contribution in [3.63, 3.8) is 0 Å². The van der Waals surface area contributed by atoms with Crippen molar-refractivity contribution >= 4 is 0 Å². The molecule has 0 saturated carbocycles. The molecule has 1 atom stereocenters. The third kappa shape index (κ3) is 10.8. The standard InChI is InChI=1S/C15H34N2/c1-5-8-9-10-11-15(4)16-12-14-17(7-3)13-6-2/h15-16H,5-14H2,1-4H3. The summed E-state index contributed by atoms with van der Waals surface area (Å²) in [4.78, 5) is 2.52. The fourth-order valence-electron chi connectivity index (χ4n) is 2.19. The van der Waals surface area contributed by atoms with E-state index in [9.17, 15) is 0 Å². The van der Waals surface area contributed by atoms with E-state index in [1.54, 1.807) is 0 Å². The first-order valence-corrected chi connectivity index (χ1v) is 7.70. The normalized spacial score (nSPS) is 13.2. The largest absolute Gasteiger partial charge is 0.313 e. The molecule has 0 amide bonds. The summed E-state index contributed by atoms with van der Waals surface area (Å²) in [6.45, 7) is 13.9. The van der Waals surface area contributed by atoms with Crippen molar-refractivity contribution in [2.24, 2.45) is 0 Å². The molecule has 2 nitrogen and oxygen atoms in total. The van der Waals surface area contributed by atoms with Crippen LogP contribution in [-0.4, -0.2) is 37.1 Å². The van der Waals surface area contributed by atoms with Crippen LogP contribution in [0, 0.1) is 0 Å². The van der Waals surface area contributed by atoms with Crippen LogP contribution in [0.5, 0.6) is 0 Å². The van der Waals surface area contributed by atoms with Crippen LogP contribution in [0.2, 0.25) is 0 Å². The number of nitrogens with zero attached hydrogens (tertiary/aromatic N) is 1. The van der Waals surface area contributed by atoms with E-state index in [0.717, 1.165) is 6.54 Å². The summed E-state index contributed by atoms with van der Waals surface area (Å²) in [5.74, 6) is 0. The second-order valence-corrected chi connectivity index (χ2v) is 5.14. The summed E-state index contributed by atoms with van der Waals surface area (Å²) in [7, 11) is 0. The summed E-state index contributed by atoms with van der Waals surface area (Å²) in [6.07, 6.45) is 8.12. The van der Waals surface area contributed by atoms with Crippen LogP contribution in [0.1, 0.15) is 66.2 Å². The second kappa shape index (κ2) is 12.4. The van der Waals surface area contributed by atoms with E-state index in [1.807, 2.05) is 0 Å². The maximum Gasteiger partial charge on any atom is 0.0107 e. The molecule has 0 fully saturated rings. The van der Waals surface area contributed by atoms with Gasteiger partial charge >= 0.3 is 0 Å². The predicted octanol–water partition coefficient (Wildman–Crippen LogP) is 3.67. The monoisotopic (exact) mass is 242 g/mol. The molecule has 0 aliphatic carbocycles. The van der Waals surface area contributed by atoms with Crippen molar-refractivity contribution < 1.29 is 0 Å². The Bertz CT molecular complexity index is 148. The van der Waals surface area contributed by atoms with E-state index >= 15 is 0 Å². The Labute approximate surface area is 109 Å². The number of hydrogen-bond donors (Lipinski definition) is 1. The Balaban J connectivity index is 3.39. The summed E-state index contributed by atoms with van der Waals surface area (Å²) >= 11 is 0. The molecule has 17 heavy (non-hydrogen) atoms. The lowest BCUT2D eigenvalue weighted by molar-refractivity contribution is 0.282. The van der Waals surface area contributed by atoms with Crippen LogP contribution in [0.15, 0.2) is 0 Å². The van der Waals surface area contributed by atoms with Gasteiger partial charge in [0.15, 0.2) is 0 Å².